The molecular weight excluding hydrogens is 398 g/mol. The second-order valence-electron chi connectivity index (χ2n) is 9.07. The Balaban J connectivity index is 1.35. The van der Waals surface area contributed by atoms with Gasteiger partial charge in [0, 0.05) is 29.7 Å². The third-order valence-corrected chi connectivity index (χ3v) is 6.85. The largest absolute Gasteiger partial charge is 0.441 e. The van der Waals surface area contributed by atoms with Gasteiger partial charge in [-0.2, -0.15) is 0 Å². The number of hydrogen-bond donors (Lipinski definition) is 1. The molecule has 0 spiro atoms. The Bertz CT molecular complexity index is 856. The summed E-state index contributed by atoms with van der Waals surface area (Å²) in [6.45, 7) is 6.76. The first-order valence-corrected chi connectivity index (χ1v) is 11.6. The topological polar surface area (TPSA) is 58.4 Å². The maximum Gasteiger partial charge on any atom is 0.226 e. The van der Waals surface area contributed by atoms with E-state index in [-0.39, 0.29) is 11.8 Å². The van der Waals surface area contributed by atoms with Gasteiger partial charge in [-0.1, -0.05) is 18.5 Å². The van der Waals surface area contributed by atoms with Gasteiger partial charge in [-0.25, -0.2) is 4.98 Å². The van der Waals surface area contributed by atoms with Gasteiger partial charge in [0.15, 0.2) is 0 Å². The van der Waals surface area contributed by atoms with Gasteiger partial charge in [0.2, 0.25) is 11.8 Å². The van der Waals surface area contributed by atoms with E-state index in [9.17, 15) is 4.79 Å². The molecule has 1 N–H and O–H groups in total. The van der Waals surface area contributed by atoms with E-state index in [2.05, 4.69) is 17.1 Å². The molecule has 6 heteroatoms. The van der Waals surface area contributed by atoms with Crippen molar-refractivity contribution in [1.29, 1.82) is 0 Å². The average Bonchev–Trinajstić information content (AvgIpc) is 3.10. The first-order chi connectivity index (χ1) is 14.5. The highest BCUT2D eigenvalue weighted by molar-refractivity contribution is 6.30. The molecule has 1 aliphatic carbocycles. The third-order valence-electron chi connectivity index (χ3n) is 6.60. The summed E-state index contributed by atoms with van der Waals surface area (Å²) in [5, 5.41) is 4.02. The predicted octanol–water partition coefficient (Wildman–Crippen LogP) is 5.21. The lowest BCUT2D eigenvalue weighted by Crippen LogP contribution is -2.46. The van der Waals surface area contributed by atoms with Crippen LogP contribution in [0.15, 0.2) is 28.7 Å². The van der Waals surface area contributed by atoms with Crippen LogP contribution in [0.3, 0.4) is 0 Å². The zero-order valence-corrected chi connectivity index (χ0v) is 18.8. The van der Waals surface area contributed by atoms with Crippen molar-refractivity contribution < 1.29 is 9.21 Å². The van der Waals surface area contributed by atoms with E-state index in [0.717, 1.165) is 61.7 Å². The lowest BCUT2D eigenvalue weighted by molar-refractivity contribution is -0.127. The number of carbonyl (C=O) groups is 1. The zero-order chi connectivity index (χ0) is 21.1. The summed E-state index contributed by atoms with van der Waals surface area (Å²) in [6.07, 6.45) is 6.70. The number of hydrogen-bond acceptors (Lipinski definition) is 4. The quantitative estimate of drug-likeness (QED) is 0.708. The number of nitrogens with one attached hydrogen (secondary N) is 1. The van der Waals surface area contributed by atoms with Crippen molar-refractivity contribution >= 4 is 17.5 Å². The molecule has 4 rings (SSSR count). The van der Waals surface area contributed by atoms with Gasteiger partial charge in [-0.05, 0) is 82.2 Å². The first kappa shape index (κ1) is 21.4. The van der Waals surface area contributed by atoms with Crippen molar-refractivity contribution in [3.63, 3.8) is 0 Å². The number of benzene rings is 1. The molecule has 2 heterocycles. The highest BCUT2D eigenvalue weighted by Crippen LogP contribution is 2.27. The maximum atomic E-state index is 12.8. The Morgan fingerprint density at radius 2 is 1.93 bits per heavy atom. The number of halogens is 1. The van der Waals surface area contributed by atoms with Crippen LogP contribution in [-0.2, 0) is 11.3 Å². The molecule has 2 aromatic rings. The van der Waals surface area contributed by atoms with Crippen LogP contribution in [0.25, 0.3) is 11.5 Å². The molecule has 1 aromatic carbocycles. The molecule has 2 aliphatic rings. The number of rotatable bonds is 5. The van der Waals surface area contributed by atoms with Crippen molar-refractivity contribution in [2.45, 2.75) is 65.0 Å². The van der Waals surface area contributed by atoms with E-state index >= 15 is 0 Å². The number of aromatic nitrogens is 1. The molecule has 162 valence electrons. The van der Waals surface area contributed by atoms with E-state index in [1.54, 1.807) is 0 Å². The molecule has 0 bridgehead atoms. The summed E-state index contributed by atoms with van der Waals surface area (Å²) in [6, 6.07) is 7.90. The Morgan fingerprint density at radius 1 is 1.20 bits per heavy atom. The number of piperidine rings is 1. The standard InChI is InChI=1S/C24H32ClN3O2/c1-16-5-11-21(12-6-16)26-23(29)19-4-3-13-28(14-19)15-22-17(2)30-24(27-22)18-7-9-20(25)10-8-18/h7-10,16,19,21H,3-6,11-15H2,1-2H3,(H,26,29)/t16?,19-,21?/m0/s1. The number of nitrogens with zero attached hydrogens (tertiary/aromatic N) is 2. The Hall–Kier alpha value is -1.85. The normalized spacial score (nSPS) is 25.2. The number of aryl methyl sites for hydroxylation is 1. The summed E-state index contributed by atoms with van der Waals surface area (Å²) < 4.78 is 5.91. The van der Waals surface area contributed by atoms with Crippen LogP contribution in [0.4, 0.5) is 0 Å². The molecule has 1 saturated heterocycles. The number of carbonyl (C=O) groups excluding carboxylic acids is 1. The number of amides is 1. The van der Waals surface area contributed by atoms with E-state index < -0.39 is 0 Å². The summed E-state index contributed by atoms with van der Waals surface area (Å²) in [4.78, 5) is 19.9. The highest BCUT2D eigenvalue weighted by atomic mass is 35.5. The van der Waals surface area contributed by atoms with Crippen LogP contribution in [0.2, 0.25) is 5.02 Å². The first-order valence-electron chi connectivity index (χ1n) is 11.2. The van der Waals surface area contributed by atoms with Crippen LogP contribution in [0.1, 0.15) is 56.9 Å². The molecule has 0 radical (unpaired) electrons. The number of likely N-dealkylation sites (tertiary alicyclic amines) is 1. The van der Waals surface area contributed by atoms with Crippen molar-refractivity contribution in [2.24, 2.45) is 11.8 Å². The lowest BCUT2D eigenvalue weighted by atomic mass is 9.87. The fraction of sp³-hybridized carbons (Fsp3) is 0.583. The molecule has 1 saturated carbocycles. The van der Waals surface area contributed by atoms with Crippen LogP contribution >= 0.6 is 11.6 Å². The van der Waals surface area contributed by atoms with Crippen molar-refractivity contribution in [3.05, 3.63) is 40.7 Å². The second-order valence-corrected chi connectivity index (χ2v) is 9.50. The predicted molar refractivity (Wildman–Crippen MR) is 119 cm³/mol. The molecule has 0 unspecified atom stereocenters. The smallest absolute Gasteiger partial charge is 0.226 e. The molecule has 5 nitrogen and oxygen atoms in total. The minimum Gasteiger partial charge on any atom is -0.441 e. The van der Waals surface area contributed by atoms with Crippen LogP contribution < -0.4 is 5.32 Å². The van der Waals surface area contributed by atoms with Crippen molar-refractivity contribution in [3.8, 4) is 11.5 Å². The SMILES string of the molecule is Cc1oc(-c2ccc(Cl)cc2)nc1CN1CCC[C@H](C(=O)NC2CCC(C)CC2)C1. The fourth-order valence-corrected chi connectivity index (χ4v) is 4.77. The summed E-state index contributed by atoms with van der Waals surface area (Å²) in [5.41, 5.74) is 1.87. The summed E-state index contributed by atoms with van der Waals surface area (Å²) >= 11 is 5.98. The molecule has 2 fully saturated rings. The average molecular weight is 430 g/mol. The van der Waals surface area contributed by atoms with Gasteiger partial charge < -0.3 is 9.73 Å². The molecule has 1 amide bonds. The molecular formula is C24H32ClN3O2. The third kappa shape index (κ3) is 5.25. The van der Waals surface area contributed by atoms with Crippen molar-refractivity contribution in [1.82, 2.24) is 15.2 Å². The van der Waals surface area contributed by atoms with Gasteiger partial charge >= 0.3 is 0 Å². The minimum atomic E-state index is 0.0704. The Labute approximate surface area is 184 Å². The number of oxazole rings is 1. The monoisotopic (exact) mass is 429 g/mol. The van der Waals surface area contributed by atoms with Crippen LogP contribution in [0, 0.1) is 18.8 Å². The van der Waals surface area contributed by atoms with Crippen LogP contribution in [-0.4, -0.2) is 34.9 Å². The lowest BCUT2D eigenvalue weighted by Gasteiger charge is -2.33. The minimum absolute atomic E-state index is 0.0704. The van der Waals surface area contributed by atoms with Gasteiger partial charge in [0.25, 0.3) is 0 Å². The maximum absolute atomic E-state index is 12.8. The van der Waals surface area contributed by atoms with Gasteiger partial charge in [-0.15, -0.1) is 0 Å². The molecule has 1 aromatic heterocycles. The second kappa shape index (κ2) is 9.52. The summed E-state index contributed by atoms with van der Waals surface area (Å²) in [7, 11) is 0. The van der Waals surface area contributed by atoms with Gasteiger partial charge in [0.05, 0.1) is 11.6 Å². The highest BCUT2D eigenvalue weighted by Gasteiger charge is 2.29. The van der Waals surface area contributed by atoms with Gasteiger partial charge in [-0.3, -0.25) is 9.69 Å². The fourth-order valence-electron chi connectivity index (χ4n) is 4.64. The van der Waals surface area contributed by atoms with Gasteiger partial charge in [0.1, 0.15) is 5.76 Å². The Kier molecular flexibility index (Phi) is 6.79. The zero-order valence-electron chi connectivity index (χ0n) is 18.0. The molecule has 30 heavy (non-hydrogen) atoms. The van der Waals surface area contributed by atoms with E-state index in [0.29, 0.717) is 23.5 Å². The van der Waals surface area contributed by atoms with E-state index in [1.165, 1.54) is 12.8 Å². The Morgan fingerprint density at radius 3 is 2.67 bits per heavy atom. The van der Waals surface area contributed by atoms with Crippen molar-refractivity contribution in [2.75, 3.05) is 13.1 Å². The molecule has 1 atom stereocenters. The van der Waals surface area contributed by atoms with E-state index in [1.807, 2.05) is 31.2 Å². The molecule has 1 aliphatic heterocycles. The van der Waals surface area contributed by atoms with Crippen LogP contribution in [0.5, 0.6) is 0 Å². The van der Waals surface area contributed by atoms with E-state index in [4.69, 9.17) is 21.0 Å². The summed E-state index contributed by atoms with van der Waals surface area (Å²) in [5.74, 6) is 2.56.